The van der Waals surface area contributed by atoms with Crippen molar-refractivity contribution in [3.05, 3.63) is 0 Å². The lowest BCUT2D eigenvalue weighted by atomic mass is 9.83. The molecule has 0 spiro atoms. The van der Waals surface area contributed by atoms with E-state index in [0.29, 0.717) is 0 Å². The summed E-state index contributed by atoms with van der Waals surface area (Å²) in [5.74, 6) is 2.27. The predicted octanol–water partition coefficient (Wildman–Crippen LogP) is 2.26. The summed E-state index contributed by atoms with van der Waals surface area (Å²) in [6.07, 6.45) is 1.22. The minimum Gasteiger partial charge on any atom is -0.330 e. The summed E-state index contributed by atoms with van der Waals surface area (Å²) in [5.41, 5.74) is 5.62. The number of hydrogen-bond donors (Lipinski definition) is 1. The topological polar surface area (TPSA) is 26.0 Å². The molecular weight excluding hydrogens is 122 g/mol. The third-order valence-corrected chi connectivity index (χ3v) is 2.62. The SMILES string of the molecule is CC[C@@H](CN)[C@H](C)C(C)C. The standard InChI is InChI=1S/C9H21N/c1-5-9(6-10)8(4)7(2)3/h7-9H,5-6,10H2,1-4H3/t8-,9+/m1/s1. The van der Waals surface area contributed by atoms with Crippen LogP contribution in [0.25, 0.3) is 0 Å². The smallest absolute Gasteiger partial charge is 0.00463 e. The maximum Gasteiger partial charge on any atom is -0.00463 e. The van der Waals surface area contributed by atoms with E-state index in [1.165, 1.54) is 6.42 Å². The summed E-state index contributed by atoms with van der Waals surface area (Å²) >= 11 is 0. The van der Waals surface area contributed by atoms with E-state index in [1.54, 1.807) is 0 Å². The van der Waals surface area contributed by atoms with E-state index >= 15 is 0 Å². The summed E-state index contributed by atoms with van der Waals surface area (Å²) in [7, 11) is 0. The first-order valence-corrected chi connectivity index (χ1v) is 4.33. The molecular formula is C9H21N. The molecule has 0 aromatic heterocycles. The van der Waals surface area contributed by atoms with Crippen molar-refractivity contribution in [1.82, 2.24) is 0 Å². The Balaban J connectivity index is 3.76. The van der Waals surface area contributed by atoms with Crippen molar-refractivity contribution in [3.8, 4) is 0 Å². The first-order valence-electron chi connectivity index (χ1n) is 4.33. The van der Waals surface area contributed by atoms with Gasteiger partial charge < -0.3 is 5.73 Å². The van der Waals surface area contributed by atoms with Crippen molar-refractivity contribution < 1.29 is 0 Å². The van der Waals surface area contributed by atoms with E-state index in [1.807, 2.05) is 0 Å². The van der Waals surface area contributed by atoms with Gasteiger partial charge in [-0.25, -0.2) is 0 Å². The predicted molar refractivity (Wildman–Crippen MR) is 46.8 cm³/mol. The van der Waals surface area contributed by atoms with Gasteiger partial charge in [-0.15, -0.1) is 0 Å². The van der Waals surface area contributed by atoms with Crippen LogP contribution in [0, 0.1) is 17.8 Å². The Morgan fingerprint density at radius 2 is 1.70 bits per heavy atom. The molecule has 0 aliphatic rings. The summed E-state index contributed by atoms with van der Waals surface area (Å²) in [6, 6.07) is 0. The normalized spacial score (nSPS) is 17.4. The van der Waals surface area contributed by atoms with Gasteiger partial charge in [-0.1, -0.05) is 34.1 Å². The van der Waals surface area contributed by atoms with Crippen LogP contribution in [-0.4, -0.2) is 6.54 Å². The van der Waals surface area contributed by atoms with Gasteiger partial charge in [0.2, 0.25) is 0 Å². The zero-order chi connectivity index (χ0) is 8.15. The second kappa shape index (κ2) is 4.73. The molecule has 0 aliphatic carbocycles. The molecule has 0 saturated heterocycles. The number of nitrogens with two attached hydrogens (primary N) is 1. The van der Waals surface area contributed by atoms with E-state index in [-0.39, 0.29) is 0 Å². The van der Waals surface area contributed by atoms with E-state index in [4.69, 9.17) is 5.73 Å². The van der Waals surface area contributed by atoms with Crippen LogP contribution < -0.4 is 5.73 Å². The molecule has 62 valence electrons. The van der Waals surface area contributed by atoms with Gasteiger partial charge in [0.1, 0.15) is 0 Å². The molecule has 0 rings (SSSR count). The van der Waals surface area contributed by atoms with E-state index in [2.05, 4.69) is 27.7 Å². The van der Waals surface area contributed by atoms with Crippen LogP contribution in [-0.2, 0) is 0 Å². The molecule has 0 heterocycles. The van der Waals surface area contributed by atoms with E-state index in [0.717, 1.165) is 24.3 Å². The first-order chi connectivity index (χ1) is 4.63. The van der Waals surface area contributed by atoms with Crippen molar-refractivity contribution >= 4 is 0 Å². The van der Waals surface area contributed by atoms with Crippen molar-refractivity contribution in [2.45, 2.75) is 34.1 Å². The van der Waals surface area contributed by atoms with Gasteiger partial charge in [-0.05, 0) is 24.3 Å². The Morgan fingerprint density at radius 3 is 1.80 bits per heavy atom. The van der Waals surface area contributed by atoms with E-state index in [9.17, 15) is 0 Å². The molecule has 0 aromatic carbocycles. The molecule has 0 unspecified atom stereocenters. The van der Waals surface area contributed by atoms with Crippen molar-refractivity contribution in [2.75, 3.05) is 6.54 Å². The Kier molecular flexibility index (Phi) is 4.71. The van der Waals surface area contributed by atoms with Gasteiger partial charge >= 0.3 is 0 Å². The monoisotopic (exact) mass is 143 g/mol. The van der Waals surface area contributed by atoms with Crippen LogP contribution in [0.5, 0.6) is 0 Å². The lowest BCUT2D eigenvalue weighted by Gasteiger charge is -2.24. The fourth-order valence-electron chi connectivity index (χ4n) is 1.30. The molecule has 0 bridgehead atoms. The zero-order valence-corrected chi connectivity index (χ0v) is 7.72. The maximum absolute atomic E-state index is 5.62. The highest BCUT2D eigenvalue weighted by atomic mass is 14.6. The molecule has 0 amide bonds. The largest absolute Gasteiger partial charge is 0.330 e. The fraction of sp³-hybridized carbons (Fsp3) is 1.00. The van der Waals surface area contributed by atoms with Gasteiger partial charge in [0.25, 0.3) is 0 Å². The molecule has 0 aliphatic heterocycles. The van der Waals surface area contributed by atoms with Crippen molar-refractivity contribution in [1.29, 1.82) is 0 Å². The average Bonchev–Trinajstić information content (AvgIpc) is 1.90. The minimum absolute atomic E-state index is 0.722. The highest BCUT2D eigenvalue weighted by Gasteiger charge is 2.16. The van der Waals surface area contributed by atoms with E-state index < -0.39 is 0 Å². The molecule has 1 nitrogen and oxygen atoms in total. The molecule has 1 heteroatoms. The average molecular weight is 143 g/mol. The third kappa shape index (κ3) is 2.70. The second-order valence-corrected chi connectivity index (χ2v) is 3.51. The van der Waals surface area contributed by atoms with Gasteiger partial charge in [-0.3, -0.25) is 0 Å². The van der Waals surface area contributed by atoms with Crippen LogP contribution in [0.4, 0.5) is 0 Å². The van der Waals surface area contributed by atoms with Gasteiger partial charge in [-0.2, -0.15) is 0 Å². The van der Waals surface area contributed by atoms with Crippen molar-refractivity contribution in [2.24, 2.45) is 23.5 Å². The fourth-order valence-corrected chi connectivity index (χ4v) is 1.30. The Morgan fingerprint density at radius 1 is 1.20 bits per heavy atom. The summed E-state index contributed by atoms with van der Waals surface area (Å²) in [6.45, 7) is 9.89. The molecule has 0 radical (unpaired) electrons. The van der Waals surface area contributed by atoms with Crippen molar-refractivity contribution in [3.63, 3.8) is 0 Å². The van der Waals surface area contributed by atoms with Gasteiger partial charge in [0.15, 0.2) is 0 Å². The van der Waals surface area contributed by atoms with Gasteiger partial charge in [0.05, 0.1) is 0 Å². The number of hydrogen-bond acceptors (Lipinski definition) is 1. The zero-order valence-electron chi connectivity index (χ0n) is 7.72. The Labute approximate surface area is 65.0 Å². The third-order valence-electron chi connectivity index (χ3n) is 2.62. The van der Waals surface area contributed by atoms with Crippen LogP contribution in [0.3, 0.4) is 0 Å². The van der Waals surface area contributed by atoms with Crippen LogP contribution in [0.2, 0.25) is 0 Å². The Bertz CT molecular complexity index is 74.8. The molecule has 0 fully saturated rings. The maximum atomic E-state index is 5.62. The van der Waals surface area contributed by atoms with Gasteiger partial charge in [0, 0.05) is 0 Å². The summed E-state index contributed by atoms with van der Waals surface area (Å²) < 4.78 is 0. The minimum atomic E-state index is 0.722. The van der Waals surface area contributed by atoms with Crippen LogP contribution >= 0.6 is 0 Å². The molecule has 0 aromatic rings. The Hall–Kier alpha value is -0.0400. The highest BCUT2D eigenvalue weighted by molar-refractivity contribution is 4.68. The quantitative estimate of drug-likeness (QED) is 0.642. The summed E-state index contributed by atoms with van der Waals surface area (Å²) in [5, 5.41) is 0. The molecule has 10 heavy (non-hydrogen) atoms. The second-order valence-electron chi connectivity index (χ2n) is 3.51. The molecule has 0 saturated carbocycles. The van der Waals surface area contributed by atoms with Crippen LogP contribution in [0.1, 0.15) is 34.1 Å². The first kappa shape index (κ1) is 9.96. The molecule has 2 N–H and O–H groups in total. The number of rotatable bonds is 4. The highest BCUT2D eigenvalue weighted by Crippen LogP contribution is 2.21. The lowest BCUT2D eigenvalue weighted by molar-refractivity contribution is 0.276. The molecule has 2 atom stereocenters. The summed E-state index contributed by atoms with van der Waals surface area (Å²) in [4.78, 5) is 0. The van der Waals surface area contributed by atoms with Crippen LogP contribution in [0.15, 0.2) is 0 Å². The lowest BCUT2D eigenvalue weighted by Crippen LogP contribution is -2.24.